The van der Waals surface area contributed by atoms with Crippen LogP contribution in [0.4, 0.5) is 0 Å². The summed E-state index contributed by atoms with van der Waals surface area (Å²) in [5.41, 5.74) is 2.39. The van der Waals surface area contributed by atoms with Crippen LogP contribution in [0, 0.1) is 0 Å². The molecule has 3 heterocycles. The molecule has 2 aromatic heterocycles. The summed E-state index contributed by atoms with van der Waals surface area (Å²) in [4.78, 5) is 9.25. The van der Waals surface area contributed by atoms with Crippen molar-refractivity contribution in [1.82, 2.24) is 24.7 Å². The molecule has 1 saturated carbocycles. The van der Waals surface area contributed by atoms with E-state index in [0.29, 0.717) is 6.04 Å². The predicted octanol–water partition coefficient (Wildman–Crippen LogP) is 4.31. The van der Waals surface area contributed by atoms with E-state index in [1.54, 1.807) is 0 Å². The standard InChI is InChI=1S/C23H33N5S/c1-26(2)14-8-15-28-22(21(25-23(28)29)20-11-6-7-13-24-20)18-12-16-27(17-18)19-9-4-3-5-10-19/h6-7,11-13,16-17,19,21-22H,3-5,8-10,14-15H2,1-2H3,(H,25,29)/t21-,22-/m0/s1. The van der Waals surface area contributed by atoms with Crippen molar-refractivity contribution in [2.75, 3.05) is 27.2 Å². The fourth-order valence-corrected chi connectivity index (χ4v) is 5.11. The molecule has 156 valence electrons. The first-order chi connectivity index (χ1) is 14.1. The van der Waals surface area contributed by atoms with Crippen LogP contribution in [0.3, 0.4) is 0 Å². The summed E-state index contributed by atoms with van der Waals surface area (Å²) >= 11 is 5.77. The van der Waals surface area contributed by atoms with E-state index in [1.165, 1.54) is 37.7 Å². The van der Waals surface area contributed by atoms with Crippen molar-refractivity contribution in [3.63, 3.8) is 0 Å². The normalized spacial score (nSPS) is 23.0. The molecule has 0 amide bonds. The summed E-state index contributed by atoms with van der Waals surface area (Å²) in [6.07, 6.45) is 14.3. The molecule has 5 nitrogen and oxygen atoms in total. The van der Waals surface area contributed by atoms with Gasteiger partial charge in [0.1, 0.15) is 0 Å². The minimum atomic E-state index is 0.0882. The van der Waals surface area contributed by atoms with Gasteiger partial charge in [-0.3, -0.25) is 4.98 Å². The highest BCUT2D eigenvalue weighted by Crippen LogP contribution is 2.39. The second kappa shape index (κ2) is 9.26. The summed E-state index contributed by atoms with van der Waals surface area (Å²) in [5.74, 6) is 0. The molecule has 6 heteroatoms. The zero-order valence-corrected chi connectivity index (χ0v) is 18.4. The SMILES string of the molecule is CN(C)CCCN1C(=S)N[C@@H](c2ccccn2)[C@@H]1c1ccn(C2CCCCC2)c1. The van der Waals surface area contributed by atoms with Crippen LogP contribution in [0.5, 0.6) is 0 Å². The number of thiocarbonyl (C=S) groups is 1. The van der Waals surface area contributed by atoms with Gasteiger partial charge in [-0.15, -0.1) is 0 Å². The van der Waals surface area contributed by atoms with Gasteiger partial charge in [-0.2, -0.15) is 0 Å². The van der Waals surface area contributed by atoms with Crippen LogP contribution in [-0.2, 0) is 0 Å². The Hall–Kier alpha value is -1.92. The zero-order chi connectivity index (χ0) is 20.2. The van der Waals surface area contributed by atoms with Crippen LogP contribution in [0.25, 0.3) is 0 Å². The second-order valence-corrected chi connectivity index (χ2v) is 9.05. The van der Waals surface area contributed by atoms with Gasteiger partial charge < -0.3 is 19.7 Å². The Balaban J connectivity index is 1.60. The number of pyridine rings is 1. The fraction of sp³-hybridized carbons (Fsp3) is 0.565. The average Bonchev–Trinajstić information content (AvgIpc) is 3.34. The molecule has 1 aliphatic carbocycles. The highest BCUT2D eigenvalue weighted by Gasteiger charge is 2.39. The molecule has 0 unspecified atom stereocenters. The molecule has 0 aromatic carbocycles. The van der Waals surface area contributed by atoms with E-state index in [4.69, 9.17) is 12.2 Å². The summed E-state index contributed by atoms with van der Waals surface area (Å²) in [5, 5.41) is 4.41. The van der Waals surface area contributed by atoms with Crippen molar-refractivity contribution < 1.29 is 0 Å². The molecule has 0 spiro atoms. The Labute approximate surface area is 180 Å². The highest BCUT2D eigenvalue weighted by atomic mass is 32.1. The molecule has 4 rings (SSSR count). The van der Waals surface area contributed by atoms with E-state index in [2.05, 4.69) is 69.4 Å². The second-order valence-electron chi connectivity index (χ2n) is 8.66. The fourth-order valence-electron chi connectivity index (χ4n) is 4.78. The molecule has 1 aliphatic heterocycles. The third-order valence-corrected chi connectivity index (χ3v) is 6.63. The van der Waals surface area contributed by atoms with Gasteiger partial charge in [0.25, 0.3) is 0 Å². The third-order valence-electron chi connectivity index (χ3n) is 6.28. The monoisotopic (exact) mass is 411 g/mol. The quantitative estimate of drug-likeness (QED) is 0.687. The lowest BCUT2D eigenvalue weighted by Crippen LogP contribution is -2.32. The maximum atomic E-state index is 5.77. The molecular weight excluding hydrogens is 378 g/mol. The first kappa shape index (κ1) is 20.4. The number of hydrogen-bond acceptors (Lipinski definition) is 3. The lowest BCUT2D eigenvalue weighted by Gasteiger charge is -2.28. The molecule has 2 aromatic rings. The molecule has 2 aliphatic rings. The van der Waals surface area contributed by atoms with Crippen molar-refractivity contribution in [3.05, 3.63) is 54.1 Å². The van der Waals surface area contributed by atoms with Gasteiger partial charge in [-0.1, -0.05) is 25.3 Å². The van der Waals surface area contributed by atoms with E-state index in [-0.39, 0.29) is 12.1 Å². The van der Waals surface area contributed by atoms with Gasteiger partial charge in [-0.05, 0) is 75.9 Å². The summed E-state index contributed by atoms with van der Waals surface area (Å²) in [6.45, 7) is 2.01. The van der Waals surface area contributed by atoms with E-state index in [0.717, 1.165) is 30.3 Å². The summed E-state index contributed by atoms with van der Waals surface area (Å²) in [6, 6.07) is 9.36. The molecule has 2 fully saturated rings. The molecule has 1 saturated heterocycles. The van der Waals surface area contributed by atoms with Gasteiger partial charge in [0.15, 0.2) is 5.11 Å². The zero-order valence-electron chi connectivity index (χ0n) is 17.6. The van der Waals surface area contributed by atoms with Crippen LogP contribution < -0.4 is 5.32 Å². The Morgan fingerprint density at radius 1 is 1.17 bits per heavy atom. The number of rotatable bonds is 7. The van der Waals surface area contributed by atoms with Crippen LogP contribution >= 0.6 is 12.2 Å². The highest BCUT2D eigenvalue weighted by molar-refractivity contribution is 7.80. The van der Waals surface area contributed by atoms with E-state index < -0.39 is 0 Å². The van der Waals surface area contributed by atoms with Gasteiger partial charge in [0.05, 0.1) is 17.8 Å². The van der Waals surface area contributed by atoms with Gasteiger partial charge >= 0.3 is 0 Å². The first-order valence-corrected chi connectivity index (χ1v) is 11.3. The largest absolute Gasteiger partial charge is 0.352 e. The minimum absolute atomic E-state index is 0.0882. The van der Waals surface area contributed by atoms with Crippen LogP contribution in [0.2, 0.25) is 0 Å². The van der Waals surface area contributed by atoms with E-state index >= 15 is 0 Å². The van der Waals surface area contributed by atoms with Gasteiger partial charge in [0.2, 0.25) is 0 Å². The average molecular weight is 412 g/mol. The Morgan fingerprint density at radius 3 is 2.72 bits per heavy atom. The van der Waals surface area contributed by atoms with E-state index in [1.807, 2.05) is 12.3 Å². The summed E-state index contributed by atoms with van der Waals surface area (Å²) in [7, 11) is 4.25. The molecular formula is C23H33N5S. The number of nitrogens with one attached hydrogen (secondary N) is 1. The van der Waals surface area contributed by atoms with Crippen molar-refractivity contribution in [2.45, 2.75) is 56.7 Å². The lowest BCUT2D eigenvalue weighted by molar-refractivity contribution is 0.292. The first-order valence-electron chi connectivity index (χ1n) is 10.9. The van der Waals surface area contributed by atoms with Crippen molar-refractivity contribution >= 4 is 17.3 Å². The maximum absolute atomic E-state index is 5.77. The smallest absolute Gasteiger partial charge is 0.170 e. The van der Waals surface area contributed by atoms with E-state index in [9.17, 15) is 0 Å². The molecule has 0 radical (unpaired) electrons. The van der Waals surface area contributed by atoms with Crippen LogP contribution in [-0.4, -0.2) is 51.6 Å². The summed E-state index contributed by atoms with van der Waals surface area (Å²) < 4.78 is 2.45. The van der Waals surface area contributed by atoms with Crippen molar-refractivity contribution in [3.8, 4) is 0 Å². The number of aromatic nitrogens is 2. The molecule has 2 atom stereocenters. The molecule has 29 heavy (non-hydrogen) atoms. The number of hydrogen-bond donors (Lipinski definition) is 1. The third kappa shape index (κ3) is 4.64. The topological polar surface area (TPSA) is 36.3 Å². The minimum Gasteiger partial charge on any atom is -0.352 e. The van der Waals surface area contributed by atoms with Crippen molar-refractivity contribution in [2.24, 2.45) is 0 Å². The van der Waals surface area contributed by atoms with Gasteiger partial charge in [0, 0.05) is 31.2 Å². The predicted molar refractivity (Wildman–Crippen MR) is 122 cm³/mol. The molecule has 1 N–H and O–H groups in total. The Morgan fingerprint density at radius 2 is 2.00 bits per heavy atom. The van der Waals surface area contributed by atoms with Crippen LogP contribution in [0.1, 0.15) is 67.9 Å². The van der Waals surface area contributed by atoms with Crippen molar-refractivity contribution in [1.29, 1.82) is 0 Å². The Kier molecular flexibility index (Phi) is 6.50. The molecule has 0 bridgehead atoms. The Bertz CT molecular complexity index is 797. The number of nitrogens with zero attached hydrogens (tertiary/aromatic N) is 4. The lowest BCUT2D eigenvalue weighted by atomic mass is 9.95. The van der Waals surface area contributed by atoms with Crippen LogP contribution in [0.15, 0.2) is 42.9 Å². The maximum Gasteiger partial charge on any atom is 0.170 e. The van der Waals surface area contributed by atoms with Gasteiger partial charge in [-0.25, -0.2) is 0 Å².